The van der Waals surface area contributed by atoms with Gasteiger partial charge in [-0.05, 0) is 29.7 Å². The molecule has 20 heavy (non-hydrogen) atoms. The lowest BCUT2D eigenvalue weighted by molar-refractivity contribution is -0.142. The molecule has 3 atom stereocenters. The van der Waals surface area contributed by atoms with Crippen LogP contribution in [0.2, 0.25) is 5.02 Å². The van der Waals surface area contributed by atoms with Crippen LogP contribution >= 0.6 is 11.6 Å². The number of ether oxygens (including phenoxy) is 1. The highest BCUT2D eigenvalue weighted by molar-refractivity contribution is 6.30. The minimum absolute atomic E-state index is 0.100. The molecule has 108 valence electrons. The topological polar surface area (TPSA) is 49.8 Å². The molecule has 0 bridgehead atoms. The second-order valence-electron chi connectivity index (χ2n) is 5.84. The van der Waals surface area contributed by atoms with Gasteiger partial charge in [0.05, 0.1) is 5.92 Å². The number of halogens is 1. The zero-order chi connectivity index (χ0) is 14.3. The second-order valence-corrected chi connectivity index (χ2v) is 6.27. The van der Waals surface area contributed by atoms with E-state index in [2.05, 4.69) is 4.90 Å². The van der Waals surface area contributed by atoms with E-state index in [0.717, 1.165) is 35.8 Å². The molecule has 2 aliphatic heterocycles. The number of hydrogen-bond acceptors (Lipinski definition) is 3. The van der Waals surface area contributed by atoms with Crippen molar-refractivity contribution in [1.29, 1.82) is 0 Å². The largest absolute Gasteiger partial charge is 0.488 e. The van der Waals surface area contributed by atoms with Crippen LogP contribution in [0.15, 0.2) is 18.2 Å². The third-order valence-electron chi connectivity index (χ3n) is 4.23. The molecule has 0 amide bonds. The number of carbonyl (C=O) groups is 1. The second kappa shape index (κ2) is 5.26. The van der Waals surface area contributed by atoms with Gasteiger partial charge < -0.3 is 9.84 Å². The number of carboxylic acids is 1. The Bertz CT molecular complexity index is 534. The van der Waals surface area contributed by atoms with Gasteiger partial charge in [0.1, 0.15) is 11.9 Å². The first-order valence-corrected chi connectivity index (χ1v) is 7.31. The molecular weight excluding hydrogens is 278 g/mol. The van der Waals surface area contributed by atoms with Crippen LogP contribution in [0.4, 0.5) is 0 Å². The number of likely N-dealkylation sites (tertiary alicyclic amines) is 1. The molecule has 1 fully saturated rings. The van der Waals surface area contributed by atoms with Gasteiger partial charge in [-0.25, -0.2) is 0 Å². The highest BCUT2D eigenvalue weighted by atomic mass is 35.5. The Morgan fingerprint density at radius 3 is 3.00 bits per heavy atom. The molecule has 0 aliphatic carbocycles. The van der Waals surface area contributed by atoms with E-state index < -0.39 is 5.97 Å². The Kier molecular flexibility index (Phi) is 3.61. The summed E-state index contributed by atoms with van der Waals surface area (Å²) in [6.07, 6.45) is 0.946. The first-order chi connectivity index (χ1) is 9.52. The van der Waals surface area contributed by atoms with Crippen LogP contribution in [-0.4, -0.2) is 41.7 Å². The molecule has 0 saturated carbocycles. The summed E-state index contributed by atoms with van der Waals surface area (Å²) in [6.45, 7) is 4.23. The van der Waals surface area contributed by atoms with Crippen molar-refractivity contribution in [2.75, 3.05) is 19.6 Å². The number of carboxylic acid groups (broad SMARTS) is 1. The molecule has 4 nitrogen and oxygen atoms in total. The summed E-state index contributed by atoms with van der Waals surface area (Å²) in [5.74, 6) is 0.155. The van der Waals surface area contributed by atoms with Gasteiger partial charge >= 0.3 is 5.97 Å². The molecule has 1 saturated heterocycles. The fourth-order valence-electron chi connectivity index (χ4n) is 3.22. The third kappa shape index (κ3) is 2.63. The van der Waals surface area contributed by atoms with Gasteiger partial charge in [0.15, 0.2) is 0 Å². The number of hydrogen-bond donors (Lipinski definition) is 1. The zero-order valence-electron chi connectivity index (χ0n) is 11.4. The van der Waals surface area contributed by atoms with Crippen molar-refractivity contribution in [2.24, 2.45) is 11.8 Å². The van der Waals surface area contributed by atoms with Crippen molar-refractivity contribution in [3.63, 3.8) is 0 Å². The highest BCUT2D eigenvalue weighted by Gasteiger charge is 2.36. The molecule has 0 spiro atoms. The summed E-state index contributed by atoms with van der Waals surface area (Å²) in [7, 11) is 0. The lowest BCUT2D eigenvalue weighted by atomic mass is 9.99. The van der Waals surface area contributed by atoms with Gasteiger partial charge in [-0.3, -0.25) is 9.69 Å². The zero-order valence-corrected chi connectivity index (χ0v) is 12.1. The summed E-state index contributed by atoms with van der Waals surface area (Å²) in [4.78, 5) is 13.3. The number of benzene rings is 1. The maximum absolute atomic E-state index is 11.1. The highest BCUT2D eigenvalue weighted by Crippen LogP contribution is 2.32. The summed E-state index contributed by atoms with van der Waals surface area (Å²) in [5.41, 5.74) is 1.14. The number of fused-ring (bicyclic) bond motifs is 1. The Morgan fingerprint density at radius 1 is 1.50 bits per heavy atom. The Balaban J connectivity index is 1.60. The van der Waals surface area contributed by atoms with E-state index in [-0.39, 0.29) is 17.9 Å². The Labute approximate surface area is 123 Å². The molecule has 3 unspecified atom stereocenters. The monoisotopic (exact) mass is 295 g/mol. The smallest absolute Gasteiger partial charge is 0.308 e. The van der Waals surface area contributed by atoms with Crippen LogP contribution in [0.25, 0.3) is 0 Å². The van der Waals surface area contributed by atoms with Crippen molar-refractivity contribution in [1.82, 2.24) is 4.90 Å². The van der Waals surface area contributed by atoms with E-state index in [0.29, 0.717) is 6.54 Å². The minimum atomic E-state index is -0.692. The number of rotatable bonds is 3. The van der Waals surface area contributed by atoms with Crippen molar-refractivity contribution < 1.29 is 14.6 Å². The summed E-state index contributed by atoms with van der Waals surface area (Å²) < 4.78 is 5.91. The minimum Gasteiger partial charge on any atom is -0.488 e. The predicted molar refractivity (Wildman–Crippen MR) is 76.3 cm³/mol. The van der Waals surface area contributed by atoms with Crippen molar-refractivity contribution in [3.05, 3.63) is 28.8 Å². The maximum Gasteiger partial charge on any atom is 0.308 e. The van der Waals surface area contributed by atoms with E-state index in [1.54, 1.807) is 0 Å². The SMILES string of the molecule is CC1CN(CC2Cc3cc(Cl)ccc3O2)CC1C(=O)O. The van der Waals surface area contributed by atoms with E-state index in [1.807, 2.05) is 25.1 Å². The van der Waals surface area contributed by atoms with Gasteiger partial charge in [0.2, 0.25) is 0 Å². The average molecular weight is 296 g/mol. The van der Waals surface area contributed by atoms with Gasteiger partial charge in [-0.2, -0.15) is 0 Å². The lowest BCUT2D eigenvalue weighted by Gasteiger charge is -2.19. The molecule has 2 aliphatic rings. The Hall–Kier alpha value is -1.26. The van der Waals surface area contributed by atoms with Crippen LogP contribution in [0.1, 0.15) is 12.5 Å². The quantitative estimate of drug-likeness (QED) is 0.929. The maximum atomic E-state index is 11.1. The third-order valence-corrected chi connectivity index (χ3v) is 4.47. The number of nitrogens with zero attached hydrogens (tertiary/aromatic N) is 1. The average Bonchev–Trinajstić information content (AvgIpc) is 2.92. The van der Waals surface area contributed by atoms with Crippen LogP contribution in [-0.2, 0) is 11.2 Å². The molecular formula is C15H18ClNO3. The van der Waals surface area contributed by atoms with Gasteiger partial charge in [0.25, 0.3) is 0 Å². The first-order valence-electron chi connectivity index (χ1n) is 6.93. The van der Waals surface area contributed by atoms with Crippen molar-refractivity contribution >= 4 is 17.6 Å². The molecule has 3 rings (SSSR count). The summed E-state index contributed by atoms with van der Waals surface area (Å²) in [5, 5.41) is 9.89. The fourth-order valence-corrected chi connectivity index (χ4v) is 3.41. The normalized spacial score (nSPS) is 29.2. The van der Waals surface area contributed by atoms with E-state index >= 15 is 0 Å². The first kappa shape index (κ1) is 13.7. The summed E-state index contributed by atoms with van der Waals surface area (Å²) >= 11 is 5.98. The fraction of sp³-hybridized carbons (Fsp3) is 0.533. The molecule has 0 aromatic heterocycles. The van der Waals surface area contributed by atoms with Crippen molar-refractivity contribution in [2.45, 2.75) is 19.4 Å². The van der Waals surface area contributed by atoms with Gasteiger partial charge in [0, 0.05) is 31.1 Å². The molecule has 5 heteroatoms. The molecule has 1 aromatic carbocycles. The Morgan fingerprint density at radius 2 is 2.30 bits per heavy atom. The van der Waals surface area contributed by atoms with E-state index in [4.69, 9.17) is 21.4 Å². The number of aliphatic carboxylic acids is 1. The lowest BCUT2D eigenvalue weighted by Crippen LogP contribution is -2.34. The van der Waals surface area contributed by atoms with Crippen LogP contribution in [0, 0.1) is 11.8 Å². The molecule has 1 N–H and O–H groups in total. The van der Waals surface area contributed by atoms with Crippen LogP contribution < -0.4 is 4.74 Å². The van der Waals surface area contributed by atoms with Gasteiger partial charge in [-0.15, -0.1) is 0 Å². The van der Waals surface area contributed by atoms with Gasteiger partial charge in [-0.1, -0.05) is 18.5 Å². The van der Waals surface area contributed by atoms with E-state index in [9.17, 15) is 4.79 Å². The predicted octanol–water partition coefficient (Wildman–Crippen LogP) is 2.30. The molecule has 1 aromatic rings. The van der Waals surface area contributed by atoms with Crippen molar-refractivity contribution in [3.8, 4) is 5.75 Å². The van der Waals surface area contributed by atoms with E-state index in [1.165, 1.54) is 0 Å². The van der Waals surface area contributed by atoms with Crippen LogP contribution in [0.3, 0.4) is 0 Å². The summed E-state index contributed by atoms with van der Waals surface area (Å²) in [6, 6.07) is 5.69. The van der Waals surface area contributed by atoms with Crippen LogP contribution in [0.5, 0.6) is 5.75 Å². The molecule has 2 heterocycles. The molecule has 0 radical (unpaired) electrons. The standard InChI is InChI=1S/C15H18ClNO3/c1-9-6-17(8-13(9)15(18)19)7-12-5-10-4-11(16)2-3-14(10)20-12/h2-4,9,12-13H,5-8H2,1H3,(H,18,19).